The summed E-state index contributed by atoms with van der Waals surface area (Å²) < 4.78 is 15.5. The zero-order chi connectivity index (χ0) is 16.1. The van der Waals surface area contributed by atoms with Gasteiger partial charge in [0.2, 0.25) is 8.32 Å². The highest BCUT2D eigenvalue weighted by molar-refractivity contribution is 6.78. The van der Waals surface area contributed by atoms with E-state index in [1.165, 1.54) is 0 Å². The third kappa shape index (κ3) is 8.26. The van der Waals surface area contributed by atoms with Gasteiger partial charge in [-0.1, -0.05) is 18.9 Å². The molecule has 0 aromatic carbocycles. The Labute approximate surface area is 127 Å². The lowest BCUT2D eigenvalue weighted by molar-refractivity contribution is -0.138. The van der Waals surface area contributed by atoms with Gasteiger partial charge in [-0.2, -0.15) is 0 Å². The molecule has 0 N–H and O–H groups in total. The van der Waals surface area contributed by atoms with Gasteiger partial charge in [0.25, 0.3) is 0 Å². The second-order valence-corrected chi connectivity index (χ2v) is 8.37. The van der Waals surface area contributed by atoms with Crippen LogP contribution in [0.5, 0.6) is 0 Å². The first-order chi connectivity index (χ1) is 10.0. The van der Waals surface area contributed by atoms with Gasteiger partial charge < -0.3 is 13.9 Å². The fourth-order valence-corrected chi connectivity index (χ4v) is 4.54. The largest absolute Gasteiger partial charge is 0.463 e. The summed E-state index contributed by atoms with van der Waals surface area (Å²) in [6.07, 6.45) is 3.70. The van der Waals surface area contributed by atoms with E-state index in [1.807, 2.05) is 5.70 Å². The molecule has 0 heterocycles. The molecule has 5 nitrogen and oxygen atoms in total. The van der Waals surface area contributed by atoms with Crippen LogP contribution in [0.3, 0.4) is 0 Å². The lowest BCUT2D eigenvalue weighted by Gasteiger charge is -2.26. The minimum atomic E-state index is -2.08. The van der Waals surface area contributed by atoms with Gasteiger partial charge in [-0.25, -0.2) is 9.59 Å². The van der Waals surface area contributed by atoms with E-state index in [9.17, 15) is 9.59 Å². The Morgan fingerprint density at radius 2 is 1.38 bits per heavy atom. The average Bonchev–Trinajstić information content (AvgIpc) is 2.53. The summed E-state index contributed by atoms with van der Waals surface area (Å²) in [5, 5.41) is 0. The Bertz CT molecular complexity index is 350. The molecule has 0 atom stereocenters. The van der Waals surface area contributed by atoms with Gasteiger partial charge in [-0.15, -0.1) is 6.58 Å². The van der Waals surface area contributed by atoms with Crippen LogP contribution in [0.1, 0.15) is 12.8 Å². The van der Waals surface area contributed by atoms with E-state index in [0.717, 1.165) is 24.2 Å². The van der Waals surface area contributed by atoms with Gasteiger partial charge in [-0.3, -0.25) is 0 Å². The summed E-state index contributed by atoms with van der Waals surface area (Å²) in [4.78, 5) is 21.9. The smallest absolute Gasteiger partial charge is 0.330 e. The molecule has 0 aromatic heterocycles. The van der Waals surface area contributed by atoms with Gasteiger partial charge in [-0.05, 0) is 24.9 Å². The maximum atomic E-state index is 10.9. The number of esters is 2. The summed E-state index contributed by atoms with van der Waals surface area (Å²) >= 11 is 0. The Kier molecular flexibility index (Phi) is 10.2. The quantitative estimate of drug-likeness (QED) is 0.240. The lowest BCUT2D eigenvalue weighted by Crippen LogP contribution is -2.35. The molecule has 0 unspecified atom stereocenters. The van der Waals surface area contributed by atoms with Crippen LogP contribution in [-0.2, 0) is 23.5 Å². The van der Waals surface area contributed by atoms with Crippen LogP contribution >= 0.6 is 0 Å². The van der Waals surface area contributed by atoms with Crippen molar-refractivity contribution < 1.29 is 23.5 Å². The Balaban J connectivity index is 4.13. The van der Waals surface area contributed by atoms with E-state index in [0.29, 0.717) is 26.1 Å². The minimum Gasteiger partial charge on any atom is -0.463 e. The molecule has 0 fully saturated rings. The standard InChI is InChI=1S/C15H24O5Si/c1-5-14(16)19-10-8-12-21(7-3,18-4)13-9-11-20-15(17)6-2/h5-7H,1-3,8-13H2,4H3. The van der Waals surface area contributed by atoms with Crippen molar-refractivity contribution >= 4 is 20.3 Å². The first-order valence-corrected chi connectivity index (χ1v) is 9.20. The molecular weight excluding hydrogens is 288 g/mol. The van der Waals surface area contributed by atoms with Gasteiger partial charge in [0.05, 0.1) is 13.2 Å². The Morgan fingerprint density at radius 1 is 0.952 bits per heavy atom. The predicted molar refractivity (Wildman–Crippen MR) is 84.1 cm³/mol. The van der Waals surface area contributed by atoms with Gasteiger partial charge >= 0.3 is 11.9 Å². The maximum Gasteiger partial charge on any atom is 0.330 e. The van der Waals surface area contributed by atoms with Gasteiger partial charge in [0, 0.05) is 19.3 Å². The Hall–Kier alpha value is -1.66. The highest BCUT2D eigenvalue weighted by atomic mass is 28.4. The monoisotopic (exact) mass is 312 g/mol. The fraction of sp³-hybridized carbons (Fsp3) is 0.467. The van der Waals surface area contributed by atoms with Crippen LogP contribution < -0.4 is 0 Å². The van der Waals surface area contributed by atoms with Crippen molar-refractivity contribution in [3.05, 3.63) is 37.6 Å². The molecule has 118 valence electrons. The second kappa shape index (κ2) is 11.0. The van der Waals surface area contributed by atoms with Crippen molar-refractivity contribution in [3.63, 3.8) is 0 Å². The summed E-state index contributed by atoms with van der Waals surface area (Å²) in [5.74, 6) is -0.843. The molecule has 0 saturated carbocycles. The first-order valence-electron chi connectivity index (χ1n) is 6.80. The fourth-order valence-electron chi connectivity index (χ4n) is 1.82. The summed E-state index contributed by atoms with van der Waals surface area (Å²) in [6.45, 7) is 11.2. The molecule has 0 aliphatic carbocycles. The molecule has 0 amide bonds. The predicted octanol–water partition coefficient (Wildman–Crippen LogP) is 2.54. The number of ether oxygens (including phenoxy) is 2. The van der Waals surface area contributed by atoms with E-state index in [4.69, 9.17) is 13.9 Å². The molecule has 0 rings (SSSR count). The molecule has 0 spiro atoms. The van der Waals surface area contributed by atoms with Crippen LogP contribution in [0.15, 0.2) is 37.6 Å². The lowest BCUT2D eigenvalue weighted by atomic mass is 10.5. The van der Waals surface area contributed by atoms with Crippen LogP contribution in [0.25, 0.3) is 0 Å². The molecular formula is C15H24O5Si. The van der Waals surface area contributed by atoms with Crippen LogP contribution in [0, 0.1) is 0 Å². The van der Waals surface area contributed by atoms with Crippen molar-refractivity contribution in [3.8, 4) is 0 Å². The highest BCUT2D eigenvalue weighted by Crippen LogP contribution is 2.22. The second-order valence-electron chi connectivity index (χ2n) is 4.42. The van der Waals surface area contributed by atoms with Crippen molar-refractivity contribution in [2.75, 3.05) is 20.3 Å². The molecule has 0 bridgehead atoms. The average molecular weight is 312 g/mol. The van der Waals surface area contributed by atoms with Crippen molar-refractivity contribution in [2.45, 2.75) is 24.9 Å². The molecule has 0 saturated heterocycles. The Morgan fingerprint density at radius 3 is 1.67 bits per heavy atom. The summed E-state index contributed by atoms with van der Waals surface area (Å²) in [6, 6.07) is 1.60. The van der Waals surface area contributed by atoms with Crippen molar-refractivity contribution in [1.29, 1.82) is 0 Å². The number of carbonyl (C=O) groups is 2. The molecule has 0 aliphatic heterocycles. The highest BCUT2D eigenvalue weighted by Gasteiger charge is 2.29. The third-order valence-electron chi connectivity index (χ3n) is 3.09. The molecule has 6 heteroatoms. The molecule has 0 radical (unpaired) electrons. The summed E-state index contributed by atoms with van der Waals surface area (Å²) in [7, 11) is -0.412. The SMILES string of the molecule is C=CC(=O)OCCC[Si](C=C)(CCCOC(=O)C=C)OC. The van der Waals surface area contributed by atoms with Crippen LogP contribution in [0.2, 0.25) is 12.1 Å². The minimum absolute atomic E-state index is 0.336. The van der Waals surface area contributed by atoms with E-state index in [1.54, 1.807) is 7.11 Å². The van der Waals surface area contributed by atoms with Gasteiger partial charge in [0.15, 0.2) is 0 Å². The van der Waals surface area contributed by atoms with E-state index in [2.05, 4.69) is 19.7 Å². The number of hydrogen-bond acceptors (Lipinski definition) is 5. The van der Waals surface area contributed by atoms with E-state index in [-0.39, 0.29) is 0 Å². The number of carbonyl (C=O) groups excluding carboxylic acids is 2. The van der Waals surface area contributed by atoms with Crippen molar-refractivity contribution in [1.82, 2.24) is 0 Å². The normalized spacial score (nSPS) is 10.5. The number of hydrogen-bond donors (Lipinski definition) is 0. The van der Waals surface area contributed by atoms with Crippen molar-refractivity contribution in [2.24, 2.45) is 0 Å². The molecule has 0 aliphatic rings. The summed E-state index contributed by atoms with van der Waals surface area (Å²) in [5.41, 5.74) is 1.87. The zero-order valence-electron chi connectivity index (χ0n) is 12.6. The number of rotatable bonds is 12. The van der Waals surface area contributed by atoms with Crippen LogP contribution in [0.4, 0.5) is 0 Å². The first kappa shape index (κ1) is 19.3. The maximum absolute atomic E-state index is 10.9. The van der Waals surface area contributed by atoms with Crippen LogP contribution in [-0.4, -0.2) is 40.6 Å². The molecule has 0 aromatic rings. The third-order valence-corrected chi connectivity index (χ3v) is 7.05. The van der Waals surface area contributed by atoms with E-state index < -0.39 is 20.3 Å². The molecule has 21 heavy (non-hydrogen) atoms. The van der Waals surface area contributed by atoms with Gasteiger partial charge in [0.1, 0.15) is 0 Å². The topological polar surface area (TPSA) is 61.8 Å². The zero-order valence-corrected chi connectivity index (χ0v) is 13.6. The van der Waals surface area contributed by atoms with E-state index >= 15 is 0 Å².